The van der Waals surface area contributed by atoms with Crippen LogP contribution in [0.4, 0.5) is 0 Å². The zero-order valence-electron chi connectivity index (χ0n) is 15.8. The van der Waals surface area contributed by atoms with E-state index in [4.69, 9.17) is 11.6 Å². The molecular weight excluding hydrogens is 392 g/mol. The van der Waals surface area contributed by atoms with Crippen molar-refractivity contribution in [2.24, 2.45) is 14.1 Å². The number of halogens is 1. The van der Waals surface area contributed by atoms with Crippen LogP contribution in [0.5, 0.6) is 0 Å². The first kappa shape index (κ1) is 18.9. The van der Waals surface area contributed by atoms with Crippen molar-refractivity contribution in [3.63, 3.8) is 0 Å². The molecule has 2 aromatic carbocycles. The zero-order valence-corrected chi connectivity index (χ0v) is 16.6. The van der Waals surface area contributed by atoms with Crippen LogP contribution in [0.25, 0.3) is 11.2 Å². The van der Waals surface area contributed by atoms with Crippen LogP contribution < -0.4 is 11.2 Å². The van der Waals surface area contributed by atoms with E-state index in [1.54, 1.807) is 48.0 Å². The van der Waals surface area contributed by atoms with Gasteiger partial charge in [-0.1, -0.05) is 35.9 Å². The molecule has 29 heavy (non-hydrogen) atoms. The minimum absolute atomic E-state index is 0.0906. The normalized spacial score (nSPS) is 11.1. The lowest BCUT2D eigenvalue weighted by Crippen LogP contribution is -2.37. The number of carbonyl (C=O) groups excluding carboxylic acids is 1. The summed E-state index contributed by atoms with van der Waals surface area (Å²) in [4.78, 5) is 41.2. The molecule has 0 spiro atoms. The molecular formula is C21H17ClN4O3. The lowest BCUT2D eigenvalue weighted by molar-refractivity contribution is 0.103. The van der Waals surface area contributed by atoms with Gasteiger partial charge in [-0.25, -0.2) is 9.78 Å². The third-order valence-corrected chi connectivity index (χ3v) is 5.14. The number of benzene rings is 2. The monoisotopic (exact) mass is 408 g/mol. The second-order valence-corrected chi connectivity index (χ2v) is 7.22. The summed E-state index contributed by atoms with van der Waals surface area (Å²) in [5, 5.41) is 0.577. The number of carbonyl (C=O) groups is 1. The highest BCUT2D eigenvalue weighted by Crippen LogP contribution is 2.16. The smallest absolute Gasteiger partial charge is 0.312 e. The Bertz CT molecular complexity index is 1350. The lowest BCUT2D eigenvalue weighted by Gasteiger charge is -2.09. The maximum atomic E-state index is 12.6. The molecule has 0 bridgehead atoms. The molecule has 0 N–H and O–H groups in total. The van der Waals surface area contributed by atoms with Crippen LogP contribution in [-0.2, 0) is 20.6 Å². The van der Waals surface area contributed by atoms with Gasteiger partial charge in [0, 0.05) is 30.2 Å². The van der Waals surface area contributed by atoms with Crippen molar-refractivity contribution in [1.29, 1.82) is 0 Å². The summed E-state index contributed by atoms with van der Waals surface area (Å²) in [5.41, 5.74) is 1.90. The molecule has 2 aromatic heterocycles. The first-order valence-corrected chi connectivity index (χ1v) is 9.24. The predicted octanol–water partition coefficient (Wildman–Crippen LogP) is 2.37. The van der Waals surface area contributed by atoms with Gasteiger partial charge >= 0.3 is 5.69 Å². The minimum atomic E-state index is -0.425. The fourth-order valence-electron chi connectivity index (χ4n) is 3.28. The highest BCUT2D eigenvalue weighted by atomic mass is 35.5. The summed E-state index contributed by atoms with van der Waals surface area (Å²) in [5.74, 6) is -0.0906. The Morgan fingerprint density at radius 3 is 2.14 bits per heavy atom. The van der Waals surface area contributed by atoms with E-state index >= 15 is 0 Å². The molecule has 0 saturated heterocycles. The molecule has 7 nitrogen and oxygen atoms in total. The number of imidazole rings is 1. The number of ketones is 1. The van der Waals surface area contributed by atoms with Gasteiger partial charge in [0.2, 0.25) is 0 Å². The molecule has 0 aliphatic carbocycles. The Kier molecular flexibility index (Phi) is 4.68. The molecule has 0 unspecified atom stereocenters. The Hall–Kier alpha value is -3.45. The van der Waals surface area contributed by atoms with Gasteiger partial charge in [0.1, 0.15) is 5.65 Å². The van der Waals surface area contributed by atoms with Crippen molar-refractivity contribution in [2.75, 3.05) is 0 Å². The number of rotatable bonds is 4. The van der Waals surface area contributed by atoms with E-state index in [1.165, 1.54) is 17.9 Å². The van der Waals surface area contributed by atoms with Crippen molar-refractivity contribution in [2.45, 2.75) is 6.54 Å². The molecule has 0 amide bonds. The van der Waals surface area contributed by atoms with Crippen molar-refractivity contribution in [3.8, 4) is 0 Å². The summed E-state index contributed by atoms with van der Waals surface area (Å²) < 4.78 is 4.19. The van der Waals surface area contributed by atoms with Gasteiger partial charge in [-0.3, -0.25) is 18.7 Å². The van der Waals surface area contributed by atoms with Crippen LogP contribution in [0.1, 0.15) is 21.5 Å². The van der Waals surface area contributed by atoms with Crippen LogP contribution in [0.2, 0.25) is 5.02 Å². The minimum Gasteiger partial charge on any atom is -0.312 e. The maximum Gasteiger partial charge on any atom is 0.332 e. The van der Waals surface area contributed by atoms with Gasteiger partial charge in [-0.05, 0) is 29.8 Å². The Morgan fingerprint density at radius 2 is 1.52 bits per heavy atom. The van der Waals surface area contributed by atoms with Crippen molar-refractivity contribution >= 4 is 28.5 Å². The van der Waals surface area contributed by atoms with Gasteiger partial charge < -0.3 is 4.57 Å². The molecule has 4 rings (SSSR count). The molecule has 0 fully saturated rings. The molecule has 4 aromatic rings. The number of nitrogens with zero attached hydrogens (tertiary/aromatic N) is 4. The average Bonchev–Trinajstić information content (AvgIpc) is 3.15. The topological polar surface area (TPSA) is 78.9 Å². The van der Waals surface area contributed by atoms with E-state index in [-0.39, 0.29) is 11.3 Å². The van der Waals surface area contributed by atoms with Crippen LogP contribution in [0.3, 0.4) is 0 Å². The predicted molar refractivity (Wildman–Crippen MR) is 111 cm³/mol. The molecule has 0 radical (unpaired) electrons. The first-order valence-electron chi connectivity index (χ1n) is 8.87. The van der Waals surface area contributed by atoms with Crippen LogP contribution >= 0.6 is 11.6 Å². The van der Waals surface area contributed by atoms with Crippen LogP contribution in [-0.4, -0.2) is 24.5 Å². The molecule has 2 heterocycles. The summed E-state index contributed by atoms with van der Waals surface area (Å²) in [6.45, 7) is 0.409. The van der Waals surface area contributed by atoms with Crippen molar-refractivity contribution in [1.82, 2.24) is 18.7 Å². The quantitative estimate of drug-likeness (QED) is 0.486. The molecule has 0 aliphatic heterocycles. The largest absolute Gasteiger partial charge is 0.332 e. The molecule has 0 atom stereocenters. The molecule has 146 valence electrons. The third kappa shape index (κ3) is 3.30. The van der Waals surface area contributed by atoms with Gasteiger partial charge in [0.05, 0.1) is 12.9 Å². The third-order valence-electron chi connectivity index (χ3n) is 4.88. The summed E-state index contributed by atoms with van der Waals surface area (Å²) in [6.07, 6.45) is 1.54. The van der Waals surface area contributed by atoms with E-state index in [2.05, 4.69) is 4.98 Å². The van der Waals surface area contributed by atoms with E-state index in [0.717, 1.165) is 10.1 Å². The Balaban J connectivity index is 1.65. The first-order chi connectivity index (χ1) is 13.9. The Labute approximate surface area is 170 Å². The number of aromatic nitrogens is 4. The number of aryl methyl sites for hydroxylation is 1. The fourth-order valence-corrected chi connectivity index (χ4v) is 3.41. The van der Waals surface area contributed by atoms with Crippen LogP contribution in [0.15, 0.2) is 64.4 Å². The summed E-state index contributed by atoms with van der Waals surface area (Å²) in [7, 11) is 3.04. The second kappa shape index (κ2) is 7.18. The highest BCUT2D eigenvalue weighted by Gasteiger charge is 2.14. The van der Waals surface area contributed by atoms with Gasteiger partial charge in [-0.2, -0.15) is 0 Å². The second-order valence-electron chi connectivity index (χ2n) is 6.78. The zero-order chi connectivity index (χ0) is 20.7. The lowest BCUT2D eigenvalue weighted by atomic mass is 10.0. The van der Waals surface area contributed by atoms with Crippen molar-refractivity contribution in [3.05, 3.63) is 97.4 Å². The fraction of sp³-hybridized carbons (Fsp3) is 0.143. The standard InChI is InChI=1S/C21H17ClN4O3/c1-24-19-17(20(28)25(2)21(24)29)23-12-26(19)11-13-3-5-14(6-4-13)18(27)15-7-9-16(22)10-8-15/h3-10,12H,11H2,1-2H3. The van der Waals surface area contributed by atoms with Crippen LogP contribution in [0, 0.1) is 0 Å². The van der Waals surface area contributed by atoms with E-state index in [9.17, 15) is 14.4 Å². The SMILES string of the molecule is Cn1c(=O)c2ncn(Cc3ccc(C(=O)c4ccc(Cl)cc4)cc3)c2n(C)c1=O. The van der Waals surface area contributed by atoms with Crippen molar-refractivity contribution < 1.29 is 4.79 Å². The molecule has 0 saturated carbocycles. The summed E-state index contributed by atoms with van der Waals surface area (Å²) in [6, 6.07) is 13.9. The molecule has 8 heteroatoms. The van der Waals surface area contributed by atoms with E-state index in [1.807, 2.05) is 12.1 Å². The maximum absolute atomic E-state index is 12.6. The summed E-state index contributed by atoms with van der Waals surface area (Å²) >= 11 is 5.87. The van der Waals surface area contributed by atoms with Gasteiger partial charge in [0.15, 0.2) is 11.3 Å². The number of fused-ring (bicyclic) bond motifs is 1. The van der Waals surface area contributed by atoms with E-state index in [0.29, 0.717) is 28.3 Å². The molecule has 0 aliphatic rings. The van der Waals surface area contributed by atoms with Gasteiger partial charge in [0.25, 0.3) is 5.56 Å². The highest BCUT2D eigenvalue weighted by molar-refractivity contribution is 6.30. The average molecular weight is 409 g/mol. The Morgan fingerprint density at radius 1 is 0.931 bits per heavy atom. The van der Waals surface area contributed by atoms with Gasteiger partial charge in [-0.15, -0.1) is 0 Å². The number of hydrogen-bond donors (Lipinski definition) is 0. The van der Waals surface area contributed by atoms with E-state index < -0.39 is 11.2 Å². The number of hydrogen-bond acceptors (Lipinski definition) is 4.